The highest BCUT2D eigenvalue weighted by Gasteiger charge is 2.18. The van der Waals surface area contributed by atoms with Crippen LogP contribution in [0.15, 0.2) is 41.3 Å². The van der Waals surface area contributed by atoms with Crippen molar-refractivity contribution in [2.24, 2.45) is 0 Å². The van der Waals surface area contributed by atoms with E-state index in [0.29, 0.717) is 5.56 Å². The first kappa shape index (κ1) is 14.1. The highest BCUT2D eigenvalue weighted by molar-refractivity contribution is 7.92. The molecule has 0 heterocycles. The van der Waals surface area contributed by atoms with Crippen LogP contribution in [-0.2, 0) is 10.0 Å². The van der Waals surface area contributed by atoms with E-state index in [1.165, 1.54) is 12.1 Å². The molecule has 0 radical (unpaired) electrons. The van der Waals surface area contributed by atoms with E-state index in [2.05, 4.69) is 4.72 Å². The van der Waals surface area contributed by atoms with Gasteiger partial charge in [-0.1, -0.05) is 12.1 Å². The third-order valence-electron chi connectivity index (χ3n) is 2.77. The van der Waals surface area contributed by atoms with Crippen molar-refractivity contribution in [1.82, 2.24) is 0 Å². The summed E-state index contributed by atoms with van der Waals surface area (Å²) in [5, 5.41) is 9.29. The summed E-state index contributed by atoms with van der Waals surface area (Å²) in [5.74, 6) is -0.883. The molecule has 0 spiro atoms. The van der Waals surface area contributed by atoms with Crippen molar-refractivity contribution in [1.29, 1.82) is 0 Å². The molecular weight excluding hydrogens is 283 g/mol. The molecule has 0 aliphatic carbocycles. The van der Waals surface area contributed by atoms with Gasteiger partial charge in [-0.3, -0.25) is 4.72 Å². The van der Waals surface area contributed by atoms with Gasteiger partial charge in [0.1, 0.15) is 11.6 Å². The summed E-state index contributed by atoms with van der Waals surface area (Å²) in [7, 11) is -3.98. The van der Waals surface area contributed by atoms with Crippen molar-refractivity contribution in [2.45, 2.75) is 11.8 Å². The summed E-state index contributed by atoms with van der Waals surface area (Å²) in [6, 6.07) is 7.69. The molecule has 0 aliphatic rings. The van der Waals surface area contributed by atoms with Crippen LogP contribution < -0.4 is 10.5 Å². The molecule has 2 rings (SSSR count). The summed E-state index contributed by atoms with van der Waals surface area (Å²) in [5.41, 5.74) is 5.73. The van der Waals surface area contributed by atoms with E-state index in [4.69, 9.17) is 5.73 Å². The fourth-order valence-corrected chi connectivity index (χ4v) is 2.83. The summed E-state index contributed by atoms with van der Waals surface area (Å²) < 4.78 is 40.1. The molecular formula is C13H13FN2O3S. The standard InChI is InChI=1S/C13H13FN2O3S/c1-8-3-2-4-10(14)13(8)16-20(18,19)9-5-6-12(17)11(15)7-9/h2-7,16-17H,15H2,1H3. The average molecular weight is 296 g/mol. The number of rotatable bonds is 3. The molecule has 0 saturated carbocycles. The SMILES string of the molecule is Cc1cccc(F)c1NS(=O)(=O)c1ccc(O)c(N)c1. The Morgan fingerprint density at radius 2 is 1.95 bits per heavy atom. The van der Waals surface area contributed by atoms with Crippen LogP contribution in [0.5, 0.6) is 5.75 Å². The monoisotopic (exact) mass is 296 g/mol. The Hall–Kier alpha value is -2.28. The summed E-state index contributed by atoms with van der Waals surface area (Å²) in [4.78, 5) is -0.157. The number of aromatic hydroxyl groups is 1. The maximum Gasteiger partial charge on any atom is 0.262 e. The van der Waals surface area contributed by atoms with Crippen molar-refractivity contribution >= 4 is 21.4 Å². The van der Waals surface area contributed by atoms with Gasteiger partial charge in [-0.2, -0.15) is 0 Å². The molecule has 0 aromatic heterocycles. The molecule has 0 amide bonds. The van der Waals surface area contributed by atoms with Crippen molar-refractivity contribution in [2.75, 3.05) is 10.5 Å². The zero-order valence-electron chi connectivity index (χ0n) is 10.6. The van der Waals surface area contributed by atoms with E-state index >= 15 is 0 Å². The Kier molecular flexibility index (Phi) is 3.54. The molecule has 0 saturated heterocycles. The van der Waals surface area contributed by atoms with Crippen molar-refractivity contribution < 1.29 is 17.9 Å². The van der Waals surface area contributed by atoms with Gasteiger partial charge < -0.3 is 10.8 Å². The molecule has 4 N–H and O–H groups in total. The van der Waals surface area contributed by atoms with Gasteiger partial charge in [0.05, 0.1) is 16.3 Å². The van der Waals surface area contributed by atoms with E-state index in [0.717, 1.165) is 18.2 Å². The summed E-state index contributed by atoms with van der Waals surface area (Å²) in [6.45, 7) is 1.59. The van der Waals surface area contributed by atoms with Crippen molar-refractivity contribution in [3.8, 4) is 5.75 Å². The van der Waals surface area contributed by atoms with Gasteiger partial charge in [0.2, 0.25) is 0 Å². The number of hydrogen-bond donors (Lipinski definition) is 3. The maximum atomic E-state index is 13.6. The van der Waals surface area contributed by atoms with Crippen LogP contribution >= 0.6 is 0 Å². The average Bonchev–Trinajstić information content (AvgIpc) is 2.37. The summed E-state index contributed by atoms with van der Waals surface area (Å²) >= 11 is 0. The first-order valence-corrected chi connectivity index (χ1v) is 7.16. The molecule has 0 aliphatic heterocycles. The van der Waals surface area contributed by atoms with Gasteiger partial charge in [-0.15, -0.1) is 0 Å². The Bertz CT molecular complexity index is 740. The Morgan fingerprint density at radius 3 is 2.55 bits per heavy atom. The number of nitrogens with two attached hydrogens (primary N) is 1. The Labute approximate surface area is 115 Å². The minimum atomic E-state index is -3.98. The molecule has 106 valence electrons. The van der Waals surface area contributed by atoms with Crippen LogP contribution in [0.25, 0.3) is 0 Å². The third-order valence-corrected chi connectivity index (χ3v) is 4.12. The molecule has 2 aromatic carbocycles. The Balaban J connectivity index is 2.43. The number of phenols is 1. The number of nitrogens with one attached hydrogen (secondary N) is 1. The van der Waals surface area contributed by atoms with Crippen LogP contribution in [0.3, 0.4) is 0 Å². The Morgan fingerprint density at radius 1 is 1.25 bits per heavy atom. The first-order chi connectivity index (χ1) is 9.31. The number of anilines is 2. The predicted octanol–water partition coefficient (Wildman–Crippen LogP) is 2.22. The van der Waals surface area contributed by atoms with Crippen LogP contribution in [0.1, 0.15) is 5.56 Å². The number of benzene rings is 2. The number of sulfonamides is 1. The lowest BCUT2D eigenvalue weighted by atomic mass is 10.2. The highest BCUT2D eigenvalue weighted by atomic mass is 32.2. The zero-order valence-corrected chi connectivity index (χ0v) is 11.4. The lowest BCUT2D eigenvalue weighted by Crippen LogP contribution is -2.15. The number of halogens is 1. The summed E-state index contributed by atoms with van der Waals surface area (Å²) in [6.07, 6.45) is 0. The molecule has 0 fully saturated rings. The number of hydrogen-bond acceptors (Lipinski definition) is 4. The number of nitrogen functional groups attached to an aromatic ring is 1. The number of aryl methyl sites for hydroxylation is 1. The van der Waals surface area contributed by atoms with Gasteiger partial charge in [-0.05, 0) is 36.8 Å². The first-order valence-electron chi connectivity index (χ1n) is 5.67. The predicted molar refractivity (Wildman–Crippen MR) is 74.5 cm³/mol. The van der Waals surface area contributed by atoms with E-state index in [1.54, 1.807) is 13.0 Å². The number of para-hydroxylation sites is 1. The fraction of sp³-hybridized carbons (Fsp3) is 0.0769. The zero-order chi connectivity index (χ0) is 14.9. The second kappa shape index (κ2) is 5.01. The van der Waals surface area contributed by atoms with Crippen LogP contribution in [-0.4, -0.2) is 13.5 Å². The van der Waals surface area contributed by atoms with Gasteiger partial charge in [0, 0.05) is 0 Å². The quantitative estimate of drug-likeness (QED) is 0.598. The van der Waals surface area contributed by atoms with Crippen LogP contribution in [0.2, 0.25) is 0 Å². The van der Waals surface area contributed by atoms with Crippen molar-refractivity contribution in [3.05, 3.63) is 47.8 Å². The molecule has 0 unspecified atom stereocenters. The van der Waals surface area contributed by atoms with Crippen molar-refractivity contribution in [3.63, 3.8) is 0 Å². The van der Waals surface area contributed by atoms with E-state index in [9.17, 15) is 17.9 Å². The van der Waals surface area contributed by atoms with Gasteiger partial charge in [0.15, 0.2) is 0 Å². The van der Waals surface area contributed by atoms with Gasteiger partial charge >= 0.3 is 0 Å². The molecule has 7 heteroatoms. The molecule has 5 nitrogen and oxygen atoms in total. The normalized spacial score (nSPS) is 11.3. The highest BCUT2D eigenvalue weighted by Crippen LogP contribution is 2.26. The maximum absolute atomic E-state index is 13.6. The second-order valence-electron chi connectivity index (χ2n) is 4.26. The third kappa shape index (κ3) is 2.67. The molecule has 0 bridgehead atoms. The topological polar surface area (TPSA) is 92.4 Å². The minimum absolute atomic E-state index is 0.0712. The van der Waals surface area contributed by atoms with Crippen LogP contribution in [0.4, 0.5) is 15.8 Å². The van der Waals surface area contributed by atoms with Gasteiger partial charge in [-0.25, -0.2) is 12.8 Å². The van der Waals surface area contributed by atoms with Crippen LogP contribution in [0, 0.1) is 12.7 Å². The minimum Gasteiger partial charge on any atom is -0.506 e. The van der Waals surface area contributed by atoms with E-state index in [1.807, 2.05) is 0 Å². The molecule has 2 aromatic rings. The van der Waals surface area contributed by atoms with E-state index in [-0.39, 0.29) is 22.0 Å². The molecule has 0 atom stereocenters. The number of phenolic OH excluding ortho intramolecular Hbond substituents is 1. The molecule has 20 heavy (non-hydrogen) atoms. The second-order valence-corrected chi connectivity index (χ2v) is 5.94. The van der Waals surface area contributed by atoms with Gasteiger partial charge in [0.25, 0.3) is 10.0 Å². The smallest absolute Gasteiger partial charge is 0.262 e. The largest absolute Gasteiger partial charge is 0.506 e. The van der Waals surface area contributed by atoms with E-state index < -0.39 is 15.8 Å². The fourth-order valence-electron chi connectivity index (χ4n) is 1.65. The lowest BCUT2D eigenvalue weighted by molar-refractivity contribution is 0.477. The lowest BCUT2D eigenvalue weighted by Gasteiger charge is -2.12.